The quantitative estimate of drug-likeness (QED) is 0.322. The Balaban J connectivity index is 3.58. The minimum atomic E-state index is -0.301. The van der Waals surface area contributed by atoms with E-state index in [1.165, 1.54) is 0 Å². The molecule has 4 heteroatoms. The zero-order valence-electron chi connectivity index (χ0n) is 7.18. The van der Waals surface area contributed by atoms with Gasteiger partial charge in [-0.1, -0.05) is 20.3 Å². The Labute approximate surface area is 67.5 Å². The van der Waals surface area contributed by atoms with Gasteiger partial charge in [0.05, 0.1) is 0 Å². The summed E-state index contributed by atoms with van der Waals surface area (Å²) in [6, 6.07) is -0.0474. The number of nitrogens with one attached hydrogen (secondary N) is 2. The van der Waals surface area contributed by atoms with Crippen LogP contribution >= 0.6 is 0 Å². The molecule has 0 fully saturated rings. The van der Waals surface area contributed by atoms with Crippen molar-refractivity contribution < 1.29 is 4.79 Å². The molecule has 0 aliphatic rings. The van der Waals surface area contributed by atoms with E-state index in [9.17, 15) is 4.79 Å². The number of hydrogen-bond acceptors (Lipinski definition) is 2. The number of nitrogens with two attached hydrogens (primary N) is 1. The van der Waals surface area contributed by atoms with Crippen LogP contribution in [0.4, 0.5) is 4.79 Å². The van der Waals surface area contributed by atoms with Crippen molar-refractivity contribution in [2.24, 2.45) is 5.84 Å². The van der Waals surface area contributed by atoms with Crippen molar-refractivity contribution in [1.82, 2.24) is 10.7 Å². The van der Waals surface area contributed by atoms with Crippen LogP contribution in [0.15, 0.2) is 0 Å². The molecule has 0 saturated carbocycles. The van der Waals surface area contributed by atoms with Crippen molar-refractivity contribution in [3.63, 3.8) is 0 Å². The van der Waals surface area contributed by atoms with Crippen LogP contribution in [-0.4, -0.2) is 12.1 Å². The second-order valence-corrected chi connectivity index (χ2v) is 2.51. The molecular formula is C7H17N3O. The second kappa shape index (κ2) is 5.97. The largest absolute Gasteiger partial charge is 0.334 e. The van der Waals surface area contributed by atoms with Gasteiger partial charge in [-0.25, -0.2) is 10.6 Å². The van der Waals surface area contributed by atoms with Crippen LogP contribution in [0, 0.1) is 0 Å². The summed E-state index contributed by atoms with van der Waals surface area (Å²) in [5, 5.41) is 2.74. The van der Waals surface area contributed by atoms with Gasteiger partial charge < -0.3 is 5.32 Å². The van der Waals surface area contributed by atoms with E-state index in [2.05, 4.69) is 12.2 Å². The fraction of sp³-hybridized carbons (Fsp3) is 0.857. The molecule has 0 rings (SSSR count). The fourth-order valence-corrected chi connectivity index (χ4v) is 0.954. The van der Waals surface area contributed by atoms with Crippen LogP contribution in [0.1, 0.15) is 33.1 Å². The maximum atomic E-state index is 10.7. The summed E-state index contributed by atoms with van der Waals surface area (Å²) >= 11 is 0. The number of carbonyl (C=O) groups excluding carboxylic acids is 1. The Morgan fingerprint density at radius 1 is 1.55 bits per heavy atom. The Bertz CT molecular complexity index is 116. The lowest BCUT2D eigenvalue weighted by atomic mass is 10.1. The van der Waals surface area contributed by atoms with E-state index in [1.54, 1.807) is 0 Å². The van der Waals surface area contributed by atoms with Crippen molar-refractivity contribution in [3.05, 3.63) is 0 Å². The first-order valence-corrected chi connectivity index (χ1v) is 4.01. The lowest BCUT2D eigenvalue weighted by molar-refractivity contribution is 0.236. The van der Waals surface area contributed by atoms with Gasteiger partial charge in [-0.2, -0.15) is 0 Å². The summed E-state index contributed by atoms with van der Waals surface area (Å²) in [5.41, 5.74) is 2.04. The van der Waals surface area contributed by atoms with Crippen LogP contribution in [0.25, 0.3) is 0 Å². The van der Waals surface area contributed by atoms with Crippen LogP contribution in [-0.2, 0) is 0 Å². The van der Waals surface area contributed by atoms with Crippen molar-refractivity contribution in [2.45, 2.75) is 39.2 Å². The molecular weight excluding hydrogens is 142 g/mol. The molecule has 1 atom stereocenters. The number of hydrogen-bond donors (Lipinski definition) is 3. The lowest BCUT2D eigenvalue weighted by Gasteiger charge is -2.14. The predicted octanol–water partition coefficient (Wildman–Crippen LogP) is 0.738. The third-order valence-electron chi connectivity index (χ3n) is 1.60. The summed E-state index contributed by atoms with van der Waals surface area (Å²) in [6.07, 6.45) is 3.02. The molecule has 11 heavy (non-hydrogen) atoms. The van der Waals surface area contributed by atoms with Gasteiger partial charge in [-0.15, -0.1) is 0 Å². The summed E-state index contributed by atoms with van der Waals surface area (Å²) in [5.74, 6) is 4.91. The van der Waals surface area contributed by atoms with E-state index in [1.807, 2.05) is 12.3 Å². The smallest absolute Gasteiger partial charge is 0.329 e. The molecule has 0 aromatic rings. The van der Waals surface area contributed by atoms with Crippen molar-refractivity contribution in [3.8, 4) is 0 Å². The van der Waals surface area contributed by atoms with Gasteiger partial charge in [0, 0.05) is 6.04 Å². The zero-order chi connectivity index (χ0) is 8.69. The Hall–Kier alpha value is -0.770. The minimum Gasteiger partial charge on any atom is -0.334 e. The highest BCUT2D eigenvalue weighted by atomic mass is 16.2. The number of carbonyl (C=O) groups is 1. The predicted molar refractivity (Wildman–Crippen MR) is 44.8 cm³/mol. The maximum Gasteiger partial charge on any atom is 0.329 e. The molecule has 0 aliphatic heterocycles. The third kappa shape index (κ3) is 4.61. The first-order chi connectivity index (χ1) is 5.24. The van der Waals surface area contributed by atoms with Crippen LogP contribution in [0.5, 0.6) is 0 Å². The summed E-state index contributed by atoms with van der Waals surface area (Å²) < 4.78 is 0. The molecule has 1 unspecified atom stereocenters. The maximum absolute atomic E-state index is 10.7. The lowest BCUT2D eigenvalue weighted by Crippen LogP contribution is -2.44. The van der Waals surface area contributed by atoms with Gasteiger partial charge in [0.25, 0.3) is 0 Å². The van der Waals surface area contributed by atoms with E-state index in [0.717, 1.165) is 19.3 Å². The summed E-state index contributed by atoms with van der Waals surface area (Å²) in [7, 11) is 0. The SMILES string of the molecule is CCCC(CC)NC(=O)NN. The monoisotopic (exact) mass is 159 g/mol. The molecule has 0 radical (unpaired) electrons. The summed E-state index contributed by atoms with van der Waals surface area (Å²) in [6.45, 7) is 4.13. The molecule has 0 aromatic heterocycles. The van der Waals surface area contributed by atoms with E-state index in [0.29, 0.717) is 0 Å². The molecule has 0 aromatic carbocycles. The Kier molecular flexibility index (Phi) is 5.56. The normalized spacial score (nSPS) is 12.3. The molecule has 0 aliphatic carbocycles. The van der Waals surface area contributed by atoms with Crippen molar-refractivity contribution >= 4 is 6.03 Å². The molecule has 0 heterocycles. The first kappa shape index (κ1) is 10.2. The van der Waals surface area contributed by atoms with E-state index in [4.69, 9.17) is 5.84 Å². The molecule has 0 spiro atoms. The molecule has 4 N–H and O–H groups in total. The van der Waals surface area contributed by atoms with Crippen molar-refractivity contribution in [2.75, 3.05) is 0 Å². The van der Waals surface area contributed by atoms with Crippen LogP contribution < -0.4 is 16.6 Å². The van der Waals surface area contributed by atoms with Gasteiger partial charge >= 0.3 is 6.03 Å². The average molecular weight is 159 g/mol. The first-order valence-electron chi connectivity index (χ1n) is 4.01. The molecule has 0 saturated heterocycles. The second-order valence-electron chi connectivity index (χ2n) is 2.51. The van der Waals surface area contributed by atoms with Crippen LogP contribution in [0.3, 0.4) is 0 Å². The van der Waals surface area contributed by atoms with Gasteiger partial charge in [-0.3, -0.25) is 5.43 Å². The minimum absolute atomic E-state index is 0.253. The van der Waals surface area contributed by atoms with Gasteiger partial charge in [0.1, 0.15) is 0 Å². The van der Waals surface area contributed by atoms with Crippen molar-refractivity contribution in [1.29, 1.82) is 0 Å². The number of urea groups is 1. The van der Waals surface area contributed by atoms with E-state index >= 15 is 0 Å². The highest BCUT2D eigenvalue weighted by Gasteiger charge is 2.06. The highest BCUT2D eigenvalue weighted by molar-refractivity contribution is 5.73. The van der Waals surface area contributed by atoms with Gasteiger partial charge in [0.15, 0.2) is 0 Å². The average Bonchev–Trinajstić information content (AvgIpc) is 2.03. The van der Waals surface area contributed by atoms with E-state index in [-0.39, 0.29) is 12.1 Å². The molecule has 2 amide bonds. The highest BCUT2D eigenvalue weighted by Crippen LogP contribution is 1.99. The van der Waals surface area contributed by atoms with E-state index < -0.39 is 0 Å². The molecule has 66 valence electrons. The Morgan fingerprint density at radius 2 is 2.18 bits per heavy atom. The molecule has 4 nitrogen and oxygen atoms in total. The zero-order valence-corrected chi connectivity index (χ0v) is 7.18. The standard InChI is InChI=1S/C7H17N3O/c1-3-5-6(4-2)9-7(11)10-8/h6H,3-5,8H2,1-2H3,(H2,9,10,11). The van der Waals surface area contributed by atoms with Gasteiger partial charge in [0.2, 0.25) is 0 Å². The topological polar surface area (TPSA) is 67.2 Å². The fourth-order valence-electron chi connectivity index (χ4n) is 0.954. The van der Waals surface area contributed by atoms with Crippen LogP contribution in [0.2, 0.25) is 0 Å². The number of amides is 2. The summed E-state index contributed by atoms with van der Waals surface area (Å²) in [4.78, 5) is 10.7. The molecule has 0 bridgehead atoms. The third-order valence-corrected chi connectivity index (χ3v) is 1.60. The van der Waals surface area contributed by atoms with Gasteiger partial charge in [-0.05, 0) is 12.8 Å². The Morgan fingerprint density at radius 3 is 2.55 bits per heavy atom. The number of hydrazine groups is 1. The number of rotatable bonds is 4.